The van der Waals surface area contributed by atoms with E-state index in [1.54, 1.807) is 0 Å². The first kappa shape index (κ1) is 27.5. The first-order valence-corrected chi connectivity index (χ1v) is 10.3. The molecule has 0 aliphatic carbocycles. The summed E-state index contributed by atoms with van der Waals surface area (Å²) in [5.74, 6) is -3.19. The zero-order valence-corrected chi connectivity index (χ0v) is 17.5. The quantitative estimate of drug-likeness (QED) is 0.159. The number of carbonyl (C=O) groups excluding carboxylic acids is 2. The molecule has 0 saturated heterocycles. The van der Waals surface area contributed by atoms with Gasteiger partial charge in [0.15, 0.2) is 0 Å². The summed E-state index contributed by atoms with van der Waals surface area (Å²) in [6, 6.07) is 0. The summed E-state index contributed by atoms with van der Waals surface area (Å²) in [5.41, 5.74) is 0. The molecule has 0 spiro atoms. The third-order valence-electron chi connectivity index (χ3n) is 3.79. The first-order valence-electron chi connectivity index (χ1n) is 10.3. The van der Waals surface area contributed by atoms with Crippen molar-refractivity contribution < 1.29 is 43.2 Å². The molecule has 1 N–H and O–H groups in total. The van der Waals surface area contributed by atoms with Crippen LogP contribution in [0.1, 0.15) is 51.9 Å². The molecule has 0 amide bonds. The van der Waals surface area contributed by atoms with E-state index in [1.807, 2.05) is 0 Å². The van der Waals surface area contributed by atoms with Crippen LogP contribution in [0.3, 0.4) is 0 Å². The predicted octanol–water partition coefficient (Wildman–Crippen LogP) is 2.00. The lowest BCUT2D eigenvalue weighted by Crippen LogP contribution is -2.17. The molecule has 0 bridgehead atoms. The molecule has 0 aliphatic heterocycles. The minimum Gasteiger partial charge on any atom is -0.476 e. The lowest BCUT2D eigenvalue weighted by atomic mass is 10.2. The third-order valence-corrected chi connectivity index (χ3v) is 3.79. The van der Waals surface area contributed by atoms with Gasteiger partial charge in [-0.25, -0.2) is 4.79 Å². The minimum atomic E-state index is -1.55. The SMILES string of the molecule is CCCCCCCOCCOCCOCCOCCOC(=O)CCC(=O)C(=O)O. The number of hydrogen-bond acceptors (Lipinski definition) is 8. The molecule has 0 heterocycles. The molecule has 0 fully saturated rings. The largest absolute Gasteiger partial charge is 0.476 e. The number of ether oxygens (including phenoxy) is 5. The molecule has 0 radical (unpaired) electrons. The van der Waals surface area contributed by atoms with Gasteiger partial charge in [-0.2, -0.15) is 0 Å². The Kier molecular flexibility index (Phi) is 20.0. The van der Waals surface area contributed by atoms with Gasteiger partial charge in [0.2, 0.25) is 5.78 Å². The number of ketones is 1. The van der Waals surface area contributed by atoms with Crippen LogP contribution in [-0.2, 0) is 38.1 Å². The van der Waals surface area contributed by atoms with Gasteiger partial charge >= 0.3 is 11.9 Å². The van der Waals surface area contributed by atoms with Gasteiger partial charge in [0.1, 0.15) is 6.61 Å². The molecule has 0 aromatic carbocycles. The third kappa shape index (κ3) is 21.0. The van der Waals surface area contributed by atoms with Gasteiger partial charge in [-0.3, -0.25) is 9.59 Å². The monoisotopic (exact) mass is 420 g/mol. The van der Waals surface area contributed by atoms with Crippen LogP contribution in [0.5, 0.6) is 0 Å². The lowest BCUT2D eigenvalue weighted by Gasteiger charge is -2.08. The van der Waals surface area contributed by atoms with Crippen LogP contribution in [0.15, 0.2) is 0 Å². The fourth-order valence-electron chi connectivity index (χ4n) is 2.18. The second kappa shape index (κ2) is 21.2. The van der Waals surface area contributed by atoms with Crippen molar-refractivity contribution >= 4 is 17.7 Å². The van der Waals surface area contributed by atoms with Crippen molar-refractivity contribution in [2.75, 3.05) is 59.5 Å². The van der Waals surface area contributed by atoms with Crippen LogP contribution in [0.25, 0.3) is 0 Å². The highest BCUT2D eigenvalue weighted by Gasteiger charge is 2.14. The van der Waals surface area contributed by atoms with E-state index < -0.39 is 17.7 Å². The highest BCUT2D eigenvalue weighted by molar-refractivity contribution is 6.32. The molecular weight excluding hydrogens is 384 g/mol. The van der Waals surface area contributed by atoms with Gasteiger partial charge in [-0.1, -0.05) is 32.6 Å². The van der Waals surface area contributed by atoms with E-state index in [0.717, 1.165) is 13.0 Å². The standard InChI is InChI=1S/C20H36O9/c1-2-3-4-5-6-9-25-10-11-26-12-13-27-14-15-28-16-17-29-19(22)8-7-18(21)20(23)24/h2-17H2,1H3,(H,23,24). The average molecular weight is 420 g/mol. The average Bonchev–Trinajstić information content (AvgIpc) is 2.71. The van der Waals surface area contributed by atoms with Crippen molar-refractivity contribution in [3.63, 3.8) is 0 Å². The fourth-order valence-corrected chi connectivity index (χ4v) is 2.18. The Hall–Kier alpha value is -1.55. The molecule has 0 aliphatic rings. The Morgan fingerprint density at radius 2 is 1.10 bits per heavy atom. The Bertz CT molecular complexity index is 426. The molecule has 0 aromatic rings. The van der Waals surface area contributed by atoms with E-state index in [0.29, 0.717) is 39.6 Å². The van der Waals surface area contributed by atoms with Crippen molar-refractivity contribution in [3.05, 3.63) is 0 Å². The summed E-state index contributed by atoms with van der Waals surface area (Å²) in [6.07, 6.45) is 5.53. The number of hydrogen-bond donors (Lipinski definition) is 1. The summed E-state index contributed by atoms with van der Waals surface area (Å²) in [6.45, 7) is 6.10. The summed E-state index contributed by atoms with van der Waals surface area (Å²) >= 11 is 0. The summed E-state index contributed by atoms with van der Waals surface area (Å²) in [7, 11) is 0. The number of carboxylic acid groups (broad SMARTS) is 1. The predicted molar refractivity (Wildman–Crippen MR) is 105 cm³/mol. The van der Waals surface area contributed by atoms with Crippen molar-refractivity contribution in [1.82, 2.24) is 0 Å². The molecule has 0 saturated carbocycles. The smallest absolute Gasteiger partial charge is 0.372 e. The van der Waals surface area contributed by atoms with Crippen LogP contribution in [0, 0.1) is 0 Å². The molecule has 0 aromatic heterocycles. The number of unbranched alkanes of at least 4 members (excludes halogenated alkanes) is 4. The highest BCUT2D eigenvalue weighted by Crippen LogP contribution is 2.02. The Labute approximate surface area is 173 Å². The number of carbonyl (C=O) groups is 3. The normalized spacial score (nSPS) is 10.8. The first-order chi connectivity index (χ1) is 14.1. The van der Waals surface area contributed by atoms with Crippen molar-refractivity contribution in [1.29, 1.82) is 0 Å². The molecule has 0 unspecified atom stereocenters. The molecular formula is C20H36O9. The van der Waals surface area contributed by atoms with E-state index in [-0.39, 0.29) is 26.1 Å². The second-order valence-corrected chi connectivity index (χ2v) is 6.31. The maximum atomic E-state index is 11.3. The van der Waals surface area contributed by atoms with Crippen molar-refractivity contribution in [2.45, 2.75) is 51.9 Å². The van der Waals surface area contributed by atoms with E-state index in [4.69, 9.17) is 28.8 Å². The van der Waals surface area contributed by atoms with Crippen LogP contribution < -0.4 is 0 Å². The van der Waals surface area contributed by atoms with Gasteiger partial charge in [0, 0.05) is 13.0 Å². The van der Waals surface area contributed by atoms with Gasteiger partial charge in [-0.15, -0.1) is 0 Å². The zero-order chi connectivity index (χ0) is 21.6. The maximum absolute atomic E-state index is 11.3. The van der Waals surface area contributed by atoms with E-state index in [9.17, 15) is 14.4 Å². The van der Waals surface area contributed by atoms with E-state index >= 15 is 0 Å². The molecule has 29 heavy (non-hydrogen) atoms. The minimum absolute atomic E-state index is 0.0435. The van der Waals surface area contributed by atoms with E-state index in [1.165, 1.54) is 25.7 Å². The number of esters is 1. The molecule has 0 rings (SSSR count). The number of carboxylic acids is 1. The van der Waals surface area contributed by atoms with E-state index in [2.05, 4.69) is 6.92 Å². The van der Waals surface area contributed by atoms with Crippen molar-refractivity contribution in [2.24, 2.45) is 0 Å². The summed E-state index contributed by atoms with van der Waals surface area (Å²) < 4.78 is 26.3. The second-order valence-electron chi connectivity index (χ2n) is 6.31. The topological polar surface area (TPSA) is 118 Å². The molecule has 9 heteroatoms. The van der Waals surface area contributed by atoms with Gasteiger partial charge < -0.3 is 28.8 Å². The van der Waals surface area contributed by atoms with Crippen LogP contribution in [-0.4, -0.2) is 82.3 Å². The number of aliphatic carboxylic acids is 1. The number of Topliss-reactive ketones (excluding diaryl/α,β-unsaturated/α-hetero) is 1. The Morgan fingerprint density at radius 1 is 0.621 bits per heavy atom. The van der Waals surface area contributed by atoms with Gasteiger partial charge in [-0.05, 0) is 6.42 Å². The van der Waals surface area contributed by atoms with Crippen LogP contribution in [0.2, 0.25) is 0 Å². The Morgan fingerprint density at radius 3 is 1.62 bits per heavy atom. The molecule has 9 nitrogen and oxygen atoms in total. The summed E-state index contributed by atoms with van der Waals surface area (Å²) in [5, 5.41) is 8.39. The number of rotatable bonds is 22. The van der Waals surface area contributed by atoms with Gasteiger partial charge in [0.25, 0.3) is 0 Å². The summed E-state index contributed by atoms with van der Waals surface area (Å²) in [4.78, 5) is 32.4. The molecule has 170 valence electrons. The van der Waals surface area contributed by atoms with Crippen LogP contribution in [0.4, 0.5) is 0 Å². The fraction of sp³-hybridized carbons (Fsp3) is 0.850. The molecule has 0 atom stereocenters. The lowest BCUT2D eigenvalue weighted by molar-refractivity contribution is -0.151. The zero-order valence-electron chi connectivity index (χ0n) is 17.5. The van der Waals surface area contributed by atoms with Gasteiger partial charge in [0.05, 0.1) is 52.7 Å². The Balaban J connectivity index is 3.17. The highest BCUT2D eigenvalue weighted by atomic mass is 16.6. The van der Waals surface area contributed by atoms with Crippen molar-refractivity contribution in [3.8, 4) is 0 Å². The maximum Gasteiger partial charge on any atom is 0.372 e. The van der Waals surface area contributed by atoms with Crippen LogP contribution >= 0.6 is 0 Å².